The number of sulfonamides is 1. The molecule has 2 aliphatic rings. The van der Waals surface area contributed by atoms with Crippen LogP contribution in [0, 0.1) is 5.82 Å². The van der Waals surface area contributed by atoms with Crippen LogP contribution in [0.15, 0.2) is 18.2 Å². The molecule has 8 heteroatoms. The first-order valence-corrected chi connectivity index (χ1v) is 10.9. The molecule has 144 valence electrons. The summed E-state index contributed by atoms with van der Waals surface area (Å²) in [5, 5.41) is 2.81. The highest BCUT2D eigenvalue weighted by molar-refractivity contribution is 7.92. The summed E-state index contributed by atoms with van der Waals surface area (Å²) >= 11 is 0. The molecule has 1 unspecified atom stereocenters. The summed E-state index contributed by atoms with van der Waals surface area (Å²) in [5.74, 6) is -1.11. The molecule has 6 nitrogen and oxygen atoms in total. The fourth-order valence-electron chi connectivity index (χ4n) is 3.86. The predicted octanol–water partition coefficient (Wildman–Crippen LogP) is 2.81. The van der Waals surface area contributed by atoms with Gasteiger partial charge in [-0.15, -0.1) is 0 Å². The maximum Gasteiger partial charge on any atom is 0.251 e. The van der Waals surface area contributed by atoms with Crippen LogP contribution >= 0.6 is 0 Å². The highest BCUT2D eigenvalue weighted by Gasteiger charge is 2.40. The second-order valence-electron chi connectivity index (χ2n) is 7.30. The molecular formula is C18H25FN2O4S. The van der Waals surface area contributed by atoms with E-state index in [1.54, 1.807) is 0 Å². The summed E-state index contributed by atoms with van der Waals surface area (Å²) in [6, 6.07) is 3.60. The number of anilines is 1. The Balaban J connectivity index is 1.58. The van der Waals surface area contributed by atoms with E-state index in [1.807, 2.05) is 0 Å². The second kappa shape index (κ2) is 7.52. The molecule has 1 saturated carbocycles. The molecule has 1 saturated heterocycles. The fraction of sp³-hybridized carbons (Fsp3) is 0.611. The summed E-state index contributed by atoms with van der Waals surface area (Å²) in [5.41, 5.74) is -0.0443. The number of halogens is 1. The van der Waals surface area contributed by atoms with Gasteiger partial charge in [0.1, 0.15) is 5.82 Å². The largest absolute Gasteiger partial charge is 0.370 e. The Kier molecular flexibility index (Phi) is 5.53. The number of hydrogen-bond donors (Lipinski definition) is 2. The maximum absolute atomic E-state index is 13.7. The molecule has 1 amide bonds. The minimum Gasteiger partial charge on any atom is -0.370 e. The maximum atomic E-state index is 13.7. The molecule has 0 bridgehead atoms. The average Bonchev–Trinajstić information content (AvgIpc) is 2.96. The molecule has 1 heterocycles. The van der Waals surface area contributed by atoms with Crippen molar-refractivity contribution in [3.8, 4) is 0 Å². The van der Waals surface area contributed by atoms with Crippen LogP contribution in [0.4, 0.5) is 10.1 Å². The van der Waals surface area contributed by atoms with Crippen LogP contribution in [0.2, 0.25) is 0 Å². The van der Waals surface area contributed by atoms with E-state index >= 15 is 0 Å². The fourth-order valence-corrected chi connectivity index (χ4v) is 4.41. The molecule has 3 rings (SSSR count). The third-order valence-electron chi connectivity index (χ3n) is 5.12. The molecule has 1 aliphatic carbocycles. The SMILES string of the molecule is CS(=O)(=O)Nc1cc(C(=O)NCC2CCC3(CCCCC3)O2)ccc1F. The van der Waals surface area contributed by atoms with Crippen molar-refractivity contribution in [2.45, 2.75) is 56.7 Å². The lowest BCUT2D eigenvalue weighted by Gasteiger charge is -2.33. The monoisotopic (exact) mass is 384 g/mol. The molecule has 26 heavy (non-hydrogen) atoms. The van der Waals surface area contributed by atoms with Crippen molar-refractivity contribution < 1.29 is 22.3 Å². The Labute approximate surface area is 153 Å². The minimum absolute atomic E-state index is 0.00387. The summed E-state index contributed by atoms with van der Waals surface area (Å²) in [6.07, 6.45) is 8.73. The van der Waals surface area contributed by atoms with Crippen molar-refractivity contribution in [1.29, 1.82) is 0 Å². The summed E-state index contributed by atoms with van der Waals surface area (Å²) in [4.78, 5) is 12.3. The lowest BCUT2D eigenvalue weighted by molar-refractivity contribution is -0.0618. The van der Waals surface area contributed by atoms with Crippen molar-refractivity contribution in [3.63, 3.8) is 0 Å². The van der Waals surface area contributed by atoms with Gasteiger partial charge in [-0.3, -0.25) is 9.52 Å². The number of carbonyl (C=O) groups is 1. The zero-order valence-electron chi connectivity index (χ0n) is 14.9. The van der Waals surface area contributed by atoms with Crippen LogP contribution < -0.4 is 10.0 Å². The summed E-state index contributed by atoms with van der Waals surface area (Å²) in [6.45, 7) is 0.396. The van der Waals surface area contributed by atoms with Crippen molar-refractivity contribution in [1.82, 2.24) is 5.32 Å². The van der Waals surface area contributed by atoms with E-state index in [0.29, 0.717) is 6.54 Å². The van der Waals surface area contributed by atoms with Gasteiger partial charge in [-0.1, -0.05) is 19.3 Å². The van der Waals surface area contributed by atoms with E-state index in [4.69, 9.17) is 4.74 Å². The van der Waals surface area contributed by atoms with Crippen molar-refractivity contribution in [3.05, 3.63) is 29.6 Å². The van der Waals surface area contributed by atoms with Crippen LogP contribution in [0.3, 0.4) is 0 Å². The van der Waals surface area contributed by atoms with Gasteiger partial charge in [0.25, 0.3) is 5.91 Å². The topological polar surface area (TPSA) is 84.5 Å². The van der Waals surface area contributed by atoms with Crippen LogP contribution in [-0.4, -0.2) is 38.8 Å². The minimum atomic E-state index is -3.63. The Morgan fingerprint density at radius 2 is 2.00 bits per heavy atom. The van der Waals surface area contributed by atoms with Crippen molar-refractivity contribution >= 4 is 21.6 Å². The van der Waals surface area contributed by atoms with Gasteiger partial charge in [0.2, 0.25) is 10.0 Å². The number of hydrogen-bond acceptors (Lipinski definition) is 4. The van der Waals surface area contributed by atoms with Crippen LogP contribution in [0.25, 0.3) is 0 Å². The Morgan fingerprint density at radius 3 is 2.69 bits per heavy atom. The Hall–Kier alpha value is -1.67. The molecule has 1 aliphatic heterocycles. The van der Waals surface area contributed by atoms with Gasteiger partial charge in [-0.2, -0.15) is 0 Å². The van der Waals surface area contributed by atoms with E-state index < -0.39 is 15.8 Å². The van der Waals surface area contributed by atoms with Gasteiger partial charge < -0.3 is 10.1 Å². The number of nitrogens with one attached hydrogen (secondary N) is 2. The van der Waals surface area contributed by atoms with E-state index in [2.05, 4.69) is 10.0 Å². The number of ether oxygens (including phenoxy) is 1. The molecule has 2 fully saturated rings. The quantitative estimate of drug-likeness (QED) is 0.818. The van der Waals surface area contributed by atoms with Gasteiger partial charge in [-0.25, -0.2) is 12.8 Å². The normalized spacial score (nSPS) is 22.3. The number of benzene rings is 1. The zero-order chi connectivity index (χ0) is 18.8. The van der Waals surface area contributed by atoms with Crippen LogP contribution in [0.5, 0.6) is 0 Å². The molecule has 1 aromatic rings. The van der Waals surface area contributed by atoms with E-state index in [1.165, 1.54) is 31.4 Å². The first kappa shape index (κ1) is 19.1. The Morgan fingerprint density at radius 1 is 1.27 bits per heavy atom. The van der Waals surface area contributed by atoms with Gasteiger partial charge in [0.15, 0.2) is 0 Å². The molecule has 0 aromatic heterocycles. The van der Waals surface area contributed by atoms with Gasteiger partial charge >= 0.3 is 0 Å². The zero-order valence-corrected chi connectivity index (χ0v) is 15.7. The van der Waals surface area contributed by atoms with E-state index in [-0.39, 0.29) is 28.9 Å². The van der Waals surface area contributed by atoms with Crippen molar-refractivity contribution in [2.75, 3.05) is 17.5 Å². The van der Waals surface area contributed by atoms with Gasteiger partial charge in [0, 0.05) is 12.1 Å². The lowest BCUT2D eigenvalue weighted by atomic mass is 9.83. The van der Waals surface area contributed by atoms with Crippen molar-refractivity contribution in [2.24, 2.45) is 0 Å². The third kappa shape index (κ3) is 4.73. The van der Waals surface area contributed by atoms with E-state index in [0.717, 1.165) is 38.0 Å². The summed E-state index contributed by atoms with van der Waals surface area (Å²) in [7, 11) is -3.63. The molecule has 2 N–H and O–H groups in total. The van der Waals surface area contributed by atoms with Crippen LogP contribution in [0.1, 0.15) is 55.3 Å². The second-order valence-corrected chi connectivity index (χ2v) is 9.05. The predicted molar refractivity (Wildman–Crippen MR) is 97.1 cm³/mol. The third-order valence-corrected chi connectivity index (χ3v) is 5.71. The van der Waals surface area contributed by atoms with E-state index in [9.17, 15) is 17.6 Å². The highest BCUT2D eigenvalue weighted by Crippen LogP contribution is 2.41. The first-order chi connectivity index (χ1) is 12.3. The van der Waals surface area contributed by atoms with Gasteiger partial charge in [0.05, 0.1) is 23.6 Å². The standard InChI is InChI=1S/C18H25FN2O4S/c1-26(23,24)21-16-11-13(5-6-15(16)19)17(22)20-12-14-7-10-18(25-14)8-3-2-4-9-18/h5-6,11,14,21H,2-4,7-10,12H2,1H3,(H,20,22). The lowest BCUT2D eigenvalue weighted by Crippen LogP contribution is -2.36. The molecule has 0 radical (unpaired) electrons. The average molecular weight is 384 g/mol. The number of rotatable bonds is 5. The molecule has 1 atom stereocenters. The number of amides is 1. The summed E-state index contributed by atoms with van der Waals surface area (Å²) < 4.78 is 44.6. The Bertz CT molecular complexity index is 775. The molecule has 1 aromatic carbocycles. The van der Waals surface area contributed by atoms with Crippen LogP contribution in [-0.2, 0) is 14.8 Å². The number of carbonyl (C=O) groups excluding carboxylic acids is 1. The van der Waals surface area contributed by atoms with Gasteiger partial charge in [-0.05, 0) is 43.9 Å². The molecular weight excluding hydrogens is 359 g/mol. The highest BCUT2D eigenvalue weighted by atomic mass is 32.2. The first-order valence-electron chi connectivity index (χ1n) is 9.00. The molecule has 1 spiro atoms. The smallest absolute Gasteiger partial charge is 0.251 e.